The van der Waals surface area contributed by atoms with Crippen molar-refractivity contribution in [3.05, 3.63) is 41.3 Å². The Hall–Kier alpha value is -2.07. The van der Waals surface area contributed by atoms with Gasteiger partial charge in [-0.2, -0.15) is 0 Å². The number of rotatable bonds is 2. The molecular formula is C13H9NO2S. The summed E-state index contributed by atoms with van der Waals surface area (Å²) < 4.78 is 5.70. The predicted molar refractivity (Wildman–Crippen MR) is 69.3 cm³/mol. The fourth-order valence-electron chi connectivity index (χ4n) is 1.81. The number of hydrogen-bond acceptors (Lipinski definition) is 4. The van der Waals surface area contributed by atoms with Crippen molar-refractivity contribution in [2.75, 3.05) is 5.73 Å². The average molecular weight is 243 g/mol. The molecule has 3 aromatic rings. The van der Waals surface area contributed by atoms with Crippen LogP contribution in [0, 0.1) is 0 Å². The van der Waals surface area contributed by atoms with Crippen LogP contribution in [-0.4, -0.2) is 6.29 Å². The van der Waals surface area contributed by atoms with Gasteiger partial charge in [0.05, 0.1) is 10.6 Å². The van der Waals surface area contributed by atoms with Gasteiger partial charge in [0.15, 0.2) is 6.29 Å². The Morgan fingerprint density at radius 1 is 1.29 bits per heavy atom. The van der Waals surface area contributed by atoms with Crippen molar-refractivity contribution in [1.29, 1.82) is 0 Å². The maximum atomic E-state index is 11.0. The molecule has 2 N–H and O–H groups in total. The predicted octanol–water partition coefficient (Wildman–Crippen LogP) is 3.56. The van der Waals surface area contributed by atoms with E-state index in [4.69, 9.17) is 10.2 Å². The van der Waals surface area contributed by atoms with E-state index in [1.165, 1.54) is 11.3 Å². The van der Waals surface area contributed by atoms with Crippen LogP contribution in [0.2, 0.25) is 0 Å². The fourth-order valence-corrected chi connectivity index (χ4v) is 2.58. The van der Waals surface area contributed by atoms with E-state index in [1.807, 2.05) is 35.7 Å². The molecule has 0 aliphatic rings. The third kappa shape index (κ3) is 1.54. The monoisotopic (exact) mass is 243 g/mol. The van der Waals surface area contributed by atoms with Crippen molar-refractivity contribution >= 4 is 33.6 Å². The highest BCUT2D eigenvalue weighted by Gasteiger charge is 2.14. The van der Waals surface area contributed by atoms with Crippen molar-refractivity contribution in [3.63, 3.8) is 0 Å². The number of benzene rings is 1. The number of hydrogen-bond donors (Lipinski definition) is 1. The Morgan fingerprint density at radius 2 is 2.12 bits per heavy atom. The molecule has 3 rings (SSSR count). The van der Waals surface area contributed by atoms with E-state index in [0.717, 1.165) is 22.8 Å². The van der Waals surface area contributed by atoms with Crippen LogP contribution in [0.25, 0.3) is 22.3 Å². The van der Waals surface area contributed by atoms with Gasteiger partial charge in [0.25, 0.3) is 0 Å². The molecule has 4 heteroatoms. The van der Waals surface area contributed by atoms with Crippen LogP contribution >= 0.6 is 11.3 Å². The Labute approximate surface area is 101 Å². The lowest BCUT2D eigenvalue weighted by Gasteiger charge is -1.93. The highest BCUT2D eigenvalue weighted by molar-refractivity contribution is 7.14. The maximum Gasteiger partial charge on any atom is 0.153 e. The highest BCUT2D eigenvalue weighted by atomic mass is 32.1. The second kappa shape index (κ2) is 3.75. The van der Waals surface area contributed by atoms with E-state index < -0.39 is 0 Å². The number of aldehydes is 1. The molecule has 0 bridgehead atoms. The van der Waals surface area contributed by atoms with Gasteiger partial charge in [-0.05, 0) is 12.1 Å². The number of nitrogen functional groups attached to an aromatic ring is 1. The summed E-state index contributed by atoms with van der Waals surface area (Å²) in [5.74, 6) is 0.682. The number of para-hydroxylation sites is 1. The Bertz CT molecular complexity index is 663. The molecule has 0 aliphatic carbocycles. The molecule has 0 unspecified atom stereocenters. The van der Waals surface area contributed by atoms with Crippen LogP contribution in [0.4, 0.5) is 5.00 Å². The quantitative estimate of drug-likeness (QED) is 0.700. The minimum atomic E-state index is 0.508. The van der Waals surface area contributed by atoms with Crippen molar-refractivity contribution in [3.8, 4) is 11.3 Å². The summed E-state index contributed by atoms with van der Waals surface area (Å²) in [5.41, 5.74) is 7.81. The minimum absolute atomic E-state index is 0.508. The van der Waals surface area contributed by atoms with Crippen LogP contribution in [-0.2, 0) is 0 Å². The van der Waals surface area contributed by atoms with Crippen LogP contribution in [0.5, 0.6) is 0 Å². The molecule has 17 heavy (non-hydrogen) atoms. The van der Waals surface area contributed by atoms with Gasteiger partial charge in [-0.3, -0.25) is 4.79 Å². The molecule has 0 saturated heterocycles. The molecule has 2 heterocycles. The summed E-state index contributed by atoms with van der Waals surface area (Å²) in [7, 11) is 0. The van der Waals surface area contributed by atoms with Crippen LogP contribution in [0.15, 0.2) is 40.1 Å². The topological polar surface area (TPSA) is 56.2 Å². The lowest BCUT2D eigenvalue weighted by Crippen LogP contribution is -1.87. The molecule has 2 aromatic heterocycles. The largest absolute Gasteiger partial charge is 0.456 e. The molecule has 0 spiro atoms. The number of carbonyl (C=O) groups is 1. The zero-order chi connectivity index (χ0) is 11.8. The molecule has 0 saturated carbocycles. The van der Waals surface area contributed by atoms with Gasteiger partial charge in [-0.25, -0.2) is 0 Å². The van der Waals surface area contributed by atoms with Crippen molar-refractivity contribution in [1.82, 2.24) is 0 Å². The first kappa shape index (κ1) is 10.1. The zero-order valence-electron chi connectivity index (χ0n) is 8.84. The molecule has 0 radical (unpaired) electrons. The van der Waals surface area contributed by atoms with Gasteiger partial charge < -0.3 is 10.2 Å². The first-order valence-corrected chi connectivity index (χ1v) is 5.98. The Balaban J connectivity index is 2.23. The number of thiophene rings is 1. The molecule has 0 atom stereocenters. The van der Waals surface area contributed by atoms with Crippen molar-refractivity contribution in [2.45, 2.75) is 0 Å². The van der Waals surface area contributed by atoms with E-state index in [9.17, 15) is 4.79 Å². The summed E-state index contributed by atoms with van der Waals surface area (Å²) in [6, 6.07) is 9.65. The number of fused-ring (bicyclic) bond motifs is 1. The Morgan fingerprint density at radius 3 is 2.88 bits per heavy atom. The van der Waals surface area contributed by atoms with Crippen molar-refractivity contribution in [2.24, 2.45) is 0 Å². The van der Waals surface area contributed by atoms with Gasteiger partial charge in [0.2, 0.25) is 0 Å². The third-order valence-electron chi connectivity index (χ3n) is 2.67. The van der Waals surface area contributed by atoms with E-state index in [1.54, 1.807) is 0 Å². The van der Waals surface area contributed by atoms with Crippen LogP contribution < -0.4 is 5.73 Å². The van der Waals surface area contributed by atoms with Gasteiger partial charge in [0, 0.05) is 16.3 Å². The normalized spacial score (nSPS) is 10.8. The summed E-state index contributed by atoms with van der Waals surface area (Å²) in [6.45, 7) is 0. The fraction of sp³-hybridized carbons (Fsp3) is 0. The SMILES string of the molecule is Nc1scc(-c2cc3ccccc3o2)c1C=O. The zero-order valence-corrected chi connectivity index (χ0v) is 9.66. The average Bonchev–Trinajstić information content (AvgIpc) is 2.91. The third-order valence-corrected chi connectivity index (χ3v) is 3.50. The molecule has 0 aliphatic heterocycles. The molecule has 84 valence electrons. The summed E-state index contributed by atoms with van der Waals surface area (Å²) in [5, 5.41) is 3.39. The molecule has 0 amide bonds. The Kier molecular flexibility index (Phi) is 2.23. The number of nitrogens with two attached hydrogens (primary N) is 1. The van der Waals surface area contributed by atoms with Gasteiger partial charge in [-0.15, -0.1) is 11.3 Å². The second-order valence-corrected chi connectivity index (χ2v) is 4.60. The van der Waals surface area contributed by atoms with Crippen LogP contribution in [0.3, 0.4) is 0 Å². The number of furan rings is 1. The lowest BCUT2D eigenvalue weighted by molar-refractivity contribution is 0.112. The number of carbonyl (C=O) groups excluding carboxylic acids is 1. The standard InChI is InChI=1S/C13H9NO2S/c14-13-9(6-15)10(7-17-13)12-5-8-3-1-2-4-11(8)16-12/h1-7H,14H2. The minimum Gasteiger partial charge on any atom is -0.456 e. The second-order valence-electron chi connectivity index (χ2n) is 3.69. The van der Waals surface area contributed by atoms with Gasteiger partial charge in [-0.1, -0.05) is 18.2 Å². The lowest BCUT2D eigenvalue weighted by atomic mass is 10.1. The van der Waals surface area contributed by atoms with Crippen LogP contribution in [0.1, 0.15) is 10.4 Å². The molecule has 0 fully saturated rings. The first-order chi connectivity index (χ1) is 8.29. The van der Waals surface area contributed by atoms with E-state index in [0.29, 0.717) is 16.3 Å². The smallest absolute Gasteiger partial charge is 0.153 e. The summed E-state index contributed by atoms with van der Waals surface area (Å²) in [6.07, 6.45) is 0.772. The molecule has 1 aromatic carbocycles. The van der Waals surface area contributed by atoms with Gasteiger partial charge >= 0.3 is 0 Å². The maximum absolute atomic E-state index is 11.0. The highest BCUT2D eigenvalue weighted by Crippen LogP contribution is 2.35. The van der Waals surface area contributed by atoms with Gasteiger partial charge in [0.1, 0.15) is 11.3 Å². The molecule has 3 nitrogen and oxygen atoms in total. The summed E-state index contributed by atoms with van der Waals surface area (Å²) in [4.78, 5) is 11.0. The first-order valence-electron chi connectivity index (χ1n) is 5.10. The van der Waals surface area contributed by atoms with E-state index in [-0.39, 0.29) is 0 Å². The van der Waals surface area contributed by atoms with Crippen molar-refractivity contribution < 1.29 is 9.21 Å². The summed E-state index contributed by atoms with van der Waals surface area (Å²) >= 11 is 1.35. The van der Waals surface area contributed by atoms with E-state index >= 15 is 0 Å². The number of anilines is 1. The molecular weight excluding hydrogens is 234 g/mol. The van der Waals surface area contributed by atoms with E-state index in [2.05, 4.69) is 0 Å².